The van der Waals surface area contributed by atoms with Crippen LogP contribution in [0.1, 0.15) is 5.56 Å². The molecule has 1 aromatic carbocycles. The van der Waals surface area contributed by atoms with E-state index in [-0.39, 0.29) is 4.86 Å². The van der Waals surface area contributed by atoms with Crippen molar-refractivity contribution >= 4 is 5.69 Å². The van der Waals surface area contributed by atoms with Crippen molar-refractivity contribution in [3.05, 3.63) is 47.7 Å². The number of hydrogen-bond acceptors (Lipinski definition) is 2. The molecule has 68 valence electrons. The molecule has 0 heterocycles. The van der Waals surface area contributed by atoms with Crippen molar-refractivity contribution in [2.75, 3.05) is 0 Å². The molecule has 0 aliphatic rings. The summed E-state index contributed by atoms with van der Waals surface area (Å²) in [5, 5.41) is 21.8. The number of nitrogens with zero attached hydrogens (tertiary/aromatic N) is 2. The third-order valence-corrected chi connectivity index (χ3v) is 1.64. The predicted molar refractivity (Wildman–Crippen MR) is 47.8 cm³/mol. The van der Waals surface area contributed by atoms with Gasteiger partial charge < -0.3 is 10.4 Å². The van der Waals surface area contributed by atoms with Crippen molar-refractivity contribution in [2.24, 2.45) is 5.28 Å². The fourth-order valence-corrected chi connectivity index (χ4v) is 1.07. The minimum atomic E-state index is 0.179. The molecule has 4 nitrogen and oxygen atoms in total. The Bertz CT molecular complexity index is 334. The van der Waals surface area contributed by atoms with E-state index in [0.717, 1.165) is 5.56 Å². The Labute approximate surface area is 76.0 Å². The fourth-order valence-electron chi connectivity index (χ4n) is 1.07. The second kappa shape index (κ2) is 4.25. The zero-order chi connectivity index (χ0) is 9.68. The van der Waals surface area contributed by atoms with E-state index in [4.69, 9.17) is 5.21 Å². The van der Waals surface area contributed by atoms with Crippen LogP contribution in [0.25, 0.3) is 0 Å². The molecule has 0 saturated carbocycles. The van der Waals surface area contributed by atoms with Crippen LogP contribution in [0.15, 0.2) is 42.2 Å². The molecular formula is C9H10N2O2. The maximum absolute atomic E-state index is 11.0. The minimum Gasteiger partial charge on any atom is -0.592 e. The van der Waals surface area contributed by atoms with E-state index in [1.807, 2.05) is 6.07 Å². The SMILES string of the molecule is C=CCc1ccccc1[N+]([O-])=NO. The number of hydrogen-bond donors (Lipinski definition) is 1. The van der Waals surface area contributed by atoms with Crippen LogP contribution < -0.4 is 0 Å². The molecule has 0 fully saturated rings. The number of rotatable bonds is 3. The lowest BCUT2D eigenvalue weighted by molar-refractivity contribution is -0.474. The molecule has 1 aromatic rings. The molecule has 0 radical (unpaired) electrons. The molecule has 0 atom stereocenters. The second-order valence-electron chi connectivity index (χ2n) is 2.48. The van der Waals surface area contributed by atoms with Crippen LogP contribution in [0, 0.1) is 5.21 Å². The number of allylic oxidation sites excluding steroid dienone is 1. The Hall–Kier alpha value is -1.84. The maximum atomic E-state index is 11.0. The Morgan fingerprint density at radius 1 is 1.54 bits per heavy atom. The van der Waals surface area contributed by atoms with Crippen LogP contribution in [-0.2, 0) is 6.42 Å². The lowest BCUT2D eigenvalue weighted by Crippen LogP contribution is -1.95. The second-order valence-corrected chi connectivity index (χ2v) is 2.48. The van der Waals surface area contributed by atoms with Gasteiger partial charge in [0.1, 0.15) is 0 Å². The summed E-state index contributed by atoms with van der Waals surface area (Å²) in [6.45, 7) is 3.57. The van der Waals surface area contributed by atoms with Gasteiger partial charge in [-0.15, -0.1) is 6.58 Å². The van der Waals surface area contributed by atoms with E-state index < -0.39 is 0 Å². The monoisotopic (exact) mass is 178 g/mol. The molecule has 0 saturated heterocycles. The largest absolute Gasteiger partial charge is 0.592 e. The standard InChI is InChI=1S/C9H10N2O2/c1-2-5-8-6-3-4-7-9(8)11(13)10-12/h2-4,6-7,12H,1,5H2. The van der Waals surface area contributed by atoms with Gasteiger partial charge in [0, 0.05) is 11.6 Å². The summed E-state index contributed by atoms with van der Waals surface area (Å²) in [4.78, 5) is 0.179. The first-order valence-corrected chi connectivity index (χ1v) is 3.80. The molecule has 13 heavy (non-hydrogen) atoms. The highest BCUT2D eigenvalue weighted by Crippen LogP contribution is 2.18. The van der Waals surface area contributed by atoms with E-state index in [2.05, 4.69) is 11.9 Å². The molecule has 0 unspecified atom stereocenters. The quantitative estimate of drug-likeness (QED) is 0.334. The van der Waals surface area contributed by atoms with Gasteiger partial charge in [0.25, 0.3) is 5.69 Å². The van der Waals surface area contributed by atoms with Crippen molar-refractivity contribution in [3.8, 4) is 0 Å². The first-order valence-electron chi connectivity index (χ1n) is 3.80. The first kappa shape index (κ1) is 9.25. The topological polar surface area (TPSA) is 58.7 Å². The van der Waals surface area contributed by atoms with Crippen molar-refractivity contribution in [1.29, 1.82) is 0 Å². The smallest absolute Gasteiger partial charge is 0.251 e. The zero-order valence-corrected chi connectivity index (χ0v) is 7.05. The van der Waals surface area contributed by atoms with Gasteiger partial charge in [-0.25, -0.2) is 0 Å². The fraction of sp³-hybridized carbons (Fsp3) is 0.111. The van der Waals surface area contributed by atoms with Gasteiger partial charge in [-0.05, 0) is 11.3 Å². The van der Waals surface area contributed by atoms with E-state index in [1.54, 1.807) is 24.3 Å². The van der Waals surface area contributed by atoms with Gasteiger partial charge in [0.05, 0.1) is 0 Å². The third kappa shape index (κ3) is 2.05. The van der Waals surface area contributed by atoms with Crippen LogP contribution in [-0.4, -0.2) is 10.1 Å². The van der Waals surface area contributed by atoms with Crippen LogP contribution in [0.2, 0.25) is 0 Å². The van der Waals surface area contributed by atoms with Gasteiger partial charge in [0.15, 0.2) is 0 Å². The minimum absolute atomic E-state index is 0.179. The molecule has 0 aliphatic heterocycles. The molecule has 0 spiro atoms. The Kier molecular flexibility index (Phi) is 3.03. The Morgan fingerprint density at radius 2 is 2.23 bits per heavy atom. The van der Waals surface area contributed by atoms with E-state index >= 15 is 0 Å². The maximum Gasteiger partial charge on any atom is 0.251 e. The molecule has 1 N–H and O–H groups in total. The zero-order valence-electron chi connectivity index (χ0n) is 7.05. The summed E-state index contributed by atoms with van der Waals surface area (Å²) in [6.07, 6.45) is 2.26. The van der Waals surface area contributed by atoms with Gasteiger partial charge in [0.2, 0.25) is 5.28 Å². The summed E-state index contributed by atoms with van der Waals surface area (Å²) in [5.41, 5.74) is 1.12. The van der Waals surface area contributed by atoms with Crippen LogP contribution in [0.5, 0.6) is 0 Å². The molecule has 1 rings (SSSR count). The lowest BCUT2D eigenvalue weighted by atomic mass is 10.1. The van der Waals surface area contributed by atoms with Gasteiger partial charge in [-0.2, -0.15) is 0 Å². The van der Waals surface area contributed by atoms with Crippen LogP contribution in [0.4, 0.5) is 5.69 Å². The Morgan fingerprint density at radius 3 is 2.85 bits per heavy atom. The summed E-state index contributed by atoms with van der Waals surface area (Å²) in [6, 6.07) is 6.89. The predicted octanol–water partition coefficient (Wildman–Crippen LogP) is 2.40. The van der Waals surface area contributed by atoms with Crippen molar-refractivity contribution in [3.63, 3.8) is 0 Å². The molecule has 0 aliphatic carbocycles. The third-order valence-electron chi connectivity index (χ3n) is 1.64. The average molecular weight is 178 g/mol. The molecule has 0 bridgehead atoms. The van der Waals surface area contributed by atoms with E-state index in [1.165, 1.54) is 0 Å². The molecular weight excluding hydrogens is 168 g/mol. The van der Waals surface area contributed by atoms with E-state index in [9.17, 15) is 5.21 Å². The highest BCUT2D eigenvalue weighted by molar-refractivity contribution is 5.40. The van der Waals surface area contributed by atoms with Gasteiger partial charge in [-0.3, -0.25) is 0 Å². The summed E-state index contributed by atoms with van der Waals surface area (Å²) in [5.74, 6) is 0. The highest BCUT2D eigenvalue weighted by Gasteiger charge is 2.08. The first-order chi connectivity index (χ1) is 6.29. The van der Waals surface area contributed by atoms with Crippen LogP contribution in [0.3, 0.4) is 0 Å². The van der Waals surface area contributed by atoms with Crippen molar-refractivity contribution in [2.45, 2.75) is 6.42 Å². The summed E-state index contributed by atoms with van der Waals surface area (Å²) >= 11 is 0. The molecule has 0 amide bonds. The number of para-hydroxylation sites is 1. The molecule has 4 heteroatoms. The summed E-state index contributed by atoms with van der Waals surface area (Å²) < 4.78 is 0. The normalized spacial score (nSPS) is 11.2. The Balaban J connectivity index is 3.11. The van der Waals surface area contributed by atoms with Gasteiger partial charge in [-0.1, -0.05) is 24.3 Å². The lowest BCUT2D eigenvalue weighted by Gasteiger charge is -2.01. The van der Waals surface area contributed by atoms with Crippen LogP contribution >= 0.6 is 0 Å². The number of benzene rings is 1. The molecule has 0 aromatic heterocycles. The van der Waals surface area contributed by atoms with Crippen molar-refractivity contribution < 1.29 is 10.1 Å². The van der Waals surface area contributed by atoms with E-state index in [0.29, 0.717) is 12.1 Å². The van der Waals surface area contributed by atoms with Gasteiger partial charge >= 0.3 is 0 Å². The summed E-state index contributed by atoms with van der Waals surface area (Å²) in [7, 11) is 0. The van der Waals surface area contributed by atoms with Crippen molar-refractivity contribution in [1.82, 2.24) is 0 Å². The average Bonchev–Trinajstić information content (AvgIpc) is 2.18. The highest BCUT2D eigenvalue weighted by atomic mass is 16.6.